The third-order valence-corrected chi connectivity index (χ3v) is 5.64. The summed E-state index contributed by atoms with van der Waals surface area (Å²) in [7, 11) is 2.10. The van der Waals surface area contributed by atoms with Crippen LogP contribution in [0.1, 0.15) is 30.4 Å². The highest BCUT2D eigenvalue weighted by molar-refractivity contribution is 5.79. The Hall–Kier alpha value is -1.92. The molecule has 2 aliphatic rings. The molecule has 0 saturated carbocycles. The standard InChI is InChI=1S/C19H27N3O3/c1-21-10-11-22(14-19(21)7-6-17(24)20-9-8-19)18(25)12-15-2-4-16(13-23)5-3-15/h2-5,23H,6-14H2,1H3,(H,20,24). The van der Waals surface area contributed by atoms with Crippen molar-refractivity contribution in [2.75, 3.05) is 33.2 Å². The van der Waals surface area contributed by atoms with E-state index in [2.05, 4.69) is 17.3 Å². The summed E-state index contributed by atoms with van der Waals surface area (Å²) < 4.78 is 0. The quantitative estimate of drug-likeness (QED) is 0.838. The summed E-state index contributed by atoms with van der Waals surface area (Å²) in [6, 6.07) is 7.53. The topological polar surface area (TPSA) is 72.9 Å². The molecule has 2 N–H and O–H groups in total. The zero-order valence-corrected chi connectivity index (χ0v) is 14.8. The molecule has 2 amide bonds. The molecule has 1 aromatic carbocycles. The highest BCUT2D eigenvalue weighted by Gasteiger charge is 2.41. The third kappa shape index (κ3) is 4.02. The minimum atomic E-state index is -0.103. The second-order valence-electron chi connectivity index (χ2n) is 7.21. The van der Waals surface area contributed by atoms with Crippen LogP contribution in [0.15, 0.2) is 24.3 Å². The van der Waals surface area contributed by atoms with E-state index in [-0.39, 0.29) is 24.0 Å². The Morgan fingerprint density at radius 2 is 1.92 bits per heavy atom. The van der Waals surface area contributed by atoms with Crippen LogP contribution < -0.4 is 5.32 Å². The Bertz CT molecular complexity index is 631. The number of benzene rings is 1. The molecule has 2 aliphatic heterocycles. The number of piperazine rings is 1. The summed E-state index contributed by atoms with van der Waals surface area (Å²) in [6.07, 6.45) is 2.58. The lowest BCUT2D eigenvalue weighted by Crippen LogP contribution is -2.62. The average molecular weight is 345 g/mol. The van der Waals surface area contributed by atoms with E-state index in [0.717, 1.165) is 37.1 Å². The summed E-state index contributed by atoms with van der Waals surface area (Å²) in [6.45, 7) is 2.94. The Balaban J connectivity index is 1.67. The van der Waals surface area contributed by atoms with Crippen LogP contribution in [0.3, 0.4) is 0 Å². The van der Waals surface area contributed by atoms with Gasteiger partial charge in [0.15, 0.2) is 0 Å². The maximum Gasteiger partial charge on any atom is 0.227 e. The molecular weight excluding hydrogens is 318 g/mol. The molecule has 136 valence electrons. The molecule has 0 aromatic heterocycles. The maximum absolute atomic E-state index is 12.8. The van der Waals surface area contributed by atoms with Crippen molar-refractivity contribution in [2.24, 2.45) is 0 Å². The van der Waals surface area contributed by atoms with Crippen LogP contribution in [0.25, 0.3) is 0 Å². The van der Waals surface area contributed by atoms with Gasteiger partial charge in [-0.1, -0.05) is 24.3 Å². The van der Waals surface area contributed by atoms with Crippen molar-refractivity contribution in [3.8, 4) is 0 Å². The lowest BCUT2D eigenvalue weighted by atomic mass is 9.86. The van der Waals surface area contributed by atoms with E-state index < -0.39 is 0 Å². The van der Waals surface area contributed by atoms with Crippen LogP contribution in [0.4, 0.5) is 0 Å². The van der Waals surface area contributed by atoms with Gasteiger partial charge >= 0.3 is 0 Å². The molecule has 0 aliphatic carbocycles. The fourth-order valence-corrected chi connectivity index (χ4v) is 3.86. The number of hydrogen-bond acceptors (Lipinski definition) is 4. The van der Waals surface area contributed by atoms with Gasteiger partial charge in [-0.25, -0.2) is 0 Å². The Morgan fingerprint density at radius 3 is 2.64 bits per heavy atom. The van der Waals surface area contributed by atoms with E-state index in [1.165, 1.54) is 0 Å². The number of carbonyl (C=O) groups is 2. The molecule has 1 aromatic rings. The van der Waals surface area contributed by atoms with Crippen molar-refractivity contribution >= 4 is 11.8 Å². The fourth-order valence-electron chi connectivity index (χ4n) is 3.86. The largest absolute Gasteiger partial charge is 0.392 e. The lowest BCUT2D eigenvalue weighted by molar-refractivity contribution is -0.136. The molecule has 0 bridgehead atoms. The fraction of sp³-hybridized carbons (Fsp3) is 0.579. The number of likely N-dealkylation sites (N-methyl/N-ethyl adjacent to an activating group) is 1. The highest BCUT2D eigenvalue weighted by Crippen LogP contribution is 2.30. The number of nitrogens with zero attached hydrogens (tertiary/aromatic N) is 2. The molecule has 1 unspecified atom stereocenters. The Kier molecular flexibility index (Phi) is 5.39. The number of carbonyl (C=O) groups excluding carboxylic acids is 2. The molecular formula is C19H27N3O3. The normalized spacial score (nSPS) is 24.9. The lowest BCUT2D eigenvalue weighted by Gasteiger charge is -2.49. The van der Waals surface area contributed by atoms with Crippen LogP contribution in [0.2, 0.25) is 0 Å². The van der Waals surface area contributed by atoms with Gasteiger partial charge in [0.25, 0.3) is 0 Å². The second-order valence-corrected chi connectivity index (χ2v) is 7.21. The first-order valence-corrected chi connectivity index (χ1v) is 8.97. The van der Waals surface area contributed by atoms with Gasteiger partial charge in [0, 0.05) is 38.1 Å². The molecule has 6 heteroatoms. The molecule has 25 heavy (non-hydrogen) atoms. The minimum Gasteiger partial charge on any atom is -0.392 e. The van der Waals surface area contributed by atoms with E-state index >= 15 is 0 Å². The van der Waals surface area contributed by atoms with Gasteiger partial charge in [0.05, 0.1) is 13.0 Å². The Labute approximate surface area is 148 Å². The molecule has 2 fully saturated rings. The smallest absolute Gasteiger partial charge is 0.227 e. The summed E-state index contributed by atoms with van der Waals surface area (Å²) in [5, 5.41) is 12.1. The zero-order chi connectivity index (χ0) is 17.9. The maximum atomic E-state index is 12.8. The van der Waals surface area contributed by atoms with Crippen molar-refractivity contribution in [1.29, 1.82) is 0 Å². The zero-order valence-electron chi connectivity index (χ0n) is 14.8. The van der Waals surface area contributed by atoms with Crippen LogP contribution in [0.5, 0.6) is 0 Å². The van der Waals surface area contributed by atoms with E-state index in [0.29, 0.717) is 25.9 Å². The first-order chi connectivity index (χ1) is 12.0. The number of aliphatic hydroxyl groups is 1. The highest BCUT2D eigenvalue weighted by atomic mass is 16.3. The summed E-state index contributed by atoms with van der Waals surface area (Å²) in [5.41, 5.74) is 1.71. The van der Waals surface area contributed by atoms with Crippen molar-refractivity contribution in [1.82, 2.24) is 15.1 Å². The number of aliphatic hydroxyl groups excluding tert-OH is 1. The van der Waals surface area contributed by atoms with Gasteiger partial charge in [0.2, 0.25) is 11.8 Å². The van der Waals surface area contributed by atoms with E-state index in [4.69, 9.17) is 5.11 Å². The Morgan fingerprint density at radius 1 is 1.20 bits per heavy atom. The minimum absolute atomic E-state index is 0.0158. The van der Waals surface area contributed by atoms with Crippen molar-refractivity contribution < 1.29 is 14.7 Å². The van der Waals surface area contributed by atoms with Gasteiger partial charge < -0.3 is 15.3 Å². The predicted octanol–water partition coefficient (Wildman–Crippen LogP) is 0.534. The van der Waals surface area contributed by atoms with Gasteiger partial charge in [-0.05, 0) is 31.0 Å². The van der Waals surface area contributed by atoms with Crippen LogP contribution in [-0.2, 0) is 22.6 Å². The second kappa shape index (κ2) is 7.54. The van der Waals surface area contributed by atoms with Crippen LogP contribution >= 0.6 is 0 Å². The first kappa shape index (κ1) is 17.9. The number of hydrogen-bond donors (Lipinski definition) is 2. The van der Waals surface area contributed by atoms with Crippen molar-refractivity contribution in [3.63, 3.8) is 0 Å². The molecule has 1 spiro atoms. The van der Waals surface area contributed by atoms with Crippen molar-refractivity contribution in [2.45, 2.75) is 37.8 Å². The molecule has 6 nitrogen and oxygen atoms in total. The molecule has 2 heterocycles. The SMILES string of the molecule is CN1CCN(C(=O)Cc2ccc(CO)cc2)CC12CCNC(=O)CC2. The molecule has 0 radical (unpaired) electrons. The van der Waals surface area contributed by atoms with Gasteiger partial charge in [-0.2, -0.15) is 0 Å². The number of amides is 2. The van der Waals surface area contributed by atoms with E-state index in [1.807, 2.05) is 29.2 Å². The monoisotopic (exact) mass is 345 g/mol. The van der Waals surface area contributed by atoms with E-state index in [1.54, 1.807) is 0 Å². The van der Waals surface area contributed by atoms with Gasteiger partial charge in [0.1, 0.15) is 0 Å². The van der Waals surface area contributed by atoms with E-state index in [9.17, 15) is 9.59 Å². The number of rotatable bonds is 3. The summed E-state index contributed by atoms with van der Waals surface area (Å²) >= 11 is 0. The number of nitrogens with one attached hydrogen (secondary N) is 1. The van der Waals surface area contributed by atoms with Gasteiger partial charge in [-0.15, -0.1) is 0 Å². The van der Waals surface area contributed by atoms with Crippen LogP contribution in [-0.4, -0.2) is 65.5 Å². The molecule has 1 atom stereocenters. The van der Waals surface area contributed by atoms with Gasteiger partial charge in [-0.3, -0.25) is 14.5 Å². The summed E-state index contributed by atoms with van der Waals surface area (Å²) in [4.78, 5) is 28.8. The van der Waals surface area contributed by atoms with Crippen molar-refractivity contribution in [3.05, 3.63) is 35.4 Å². The average Bonchev–Trinajstić information content (AvgIpc) is 2.80. The third-order valence-electron chi connectivity index (χ3n) is 5.64. The summed E-state index contributed by atoms with van der Waals surface area (Å²) in [5.74, 6) is 0.241. The predicted molar refractivity (Wildman–Crippen MR) is 94.9 cm³/mol. The first-order valence-electron chi connectivity index (χ1n) is 8.97. The molecule has 2 saturated heterocycles. The van der Waals surface area contributed by atoms with Crippen LogP contribution in [0, 0.1) is 0 Å². The molecule has 3 rings (SSSR count).